The number of amides is 1. The second-order valence-electron chi connectivity index (χ2n) is 4.78. The molecule has 0 bridgehead atoms. The number of anilines is 1. The summed E-state index contributed by atoms with van der Waals surface area (Å²) in [5, 5.41) is 8.89. The first-order valence-corrected chi connectivity index (χ1v) is 8.32. The molecule has 22 heavy (non-hydrogen) atoms. The lowest BCUT2D eigenvalue weighted by Crippen LogP contribution is -2.32. The Morgan fingerprint density at radius 2 is 1.95 bits per heavy atom. The van der Waals surface area contributed by atoms with Crippen LogP contribution in [0.3, 0.4) is 0 Å². The first-order valence-electron chi connectivity index (χ1n) is 7.16. The maximum Gasteiger partial charge on any atom is 0.236 e. The van der Waals surface area contributed by atoms with Crippen LogP contribution in [0.25, 0.3) is 0 Å². The molecule has 3 nitrogen and oxygen atoms in total. The van der Waals surface area contributed by atoms with Crippen molar-refractivity contribution in [3.8, 4) is 6.07 Å². The summed E-state index contributed by atoms with van der Waals surface area (Å²) in [7, 11) is 0. The van der Waals surface area contributed by atoms with Crippen LogP contribution in [0.4, 0.5) is 5.69 Å². The minimum absolute atomic E-state index is 0.107. The molecule has 0 saturated carbocycles. The Bertz CT molecular complexity index is 664. The van der Waals surface area contributed by atoms with Gasteiger partial charge in [-0.25, -0.2) is 0 Å². The molecule has 0 fully saturated rings. The minimum Gasteiger partial charge on any atom is -0.312 e. The van der Waals surface area contributed by atoms with Gasteiger partial charge in [0.05, 0.1) is 17.4 Å². The van der Waals surface area contributed by atoms with E-state index in [0.717, 1.165) is 17.0 Å². The minimum atomic E-state index is 0.107. The highest BCUT2D eigenvalue weighted by Crippen LogP contribution is 2.17. The number of nitrogens with zero attached hydrogens (tertiary/aromatic N) is 2. The van der Waals surface area contributed by atoms with Crippen LogP contribution < -0.4 is 4.90 Å². The van der Waals surface area contributed by atoms with Crippen molar-refractivity contribution in [3.63, 3.8) is 0 Å². The Kier molecular flexibility index (Phi) is 6.05. The molecule has 112 valence electrons. The Hall–Kier alpha value is -2.25. The monoisotopic (exact) mass is 310 g/mol. The van der Waals surface area contributed by atoms with Gasteiger partial charge in [-0.05, 0) is 36.8 Å². The van der Waals surface area contributed by atoms with E-state index < -0.39 is 0 Å². The van der Waals surface area contributed by atoms with E-state index in [9.17, 15) is 4.79 Å². The lowest BCUT2D eigenvalue weighted by molar-refractivity contribution is -0.116. The van der Waals surface area contributed by atoms with Gasteiger partial charge in [-0.1, -0.05) is 30.3 Å². The fraction of sp³-hybridized carbons (Fsp3) is 0.222. The van der Waals surface area contributed by atoms with Crippen molar-refractivity contribution in [2.24, 2.45) is 0 Å². The molecule has 0 heterocycles. The number of thioether (sulfide) groups is 1. The van der Waals surface area contributed by atoms with Gasteiger partial charge >= 0.3 is 0 Å². The van der Waals surface area contributed by atoms with E-state index in [-0.39, 0.29) is 5.91 Å². The van der Waals surface area contributed by atoms with Crippen LogP contribution in [0.1, 0.15) is 18.1 Å². The Labute approximate surface area is 135 Å². The predicted molar refractivity (Wildman–Crippen MR) is 91.8 cm³/mol. The molecular formula is C18H18N2OS. The molecule has 2 aromatic carbocycles. The third kappa shape index (κ3) is 4.37. The third-order valence-corrected chi connectivity index (χ3v) is 4.22. The Morgan fingerprint density at radius 1 is 1.18 bits per heavy atom. The quantitative estimate of drug-likeness (QED) is 0.814. The molecule has 2 aromatic rings. The molecule has 0 radical (unpaired) electrons. The molecule has 0 N–H and O–H groups in total. The summed E-state index contributed by atoms with van der Waals surface area (Å²) in [5.74, 6) is 1.27. The van der Waals surface area contributed by atoms with Crippen molar-refractivity contribution in [1.29, 1.82) is 5.26 Å². The normalized spacial score (nSPS) is 10.0. The zero-order valence-electron chi connectivity index (χ0n) is 12.5. The standard InChI is InChI=1S/C18H18N2OS/c1-2-20(17-9-4-3-5-10-17)18(21)14-22-13-16-8-6-7-15(11-16)12-19/h3-11H,2,13-14H2,1H3. The fourth-order valence-corrected chi connectivity index (χ4v) is 3.02. The number of nitriles is 1. The molecule has 0 aliphatic carbocycles. The van der Waals surface area contributed by atoms with Gasteiger partial charge < -0.3 is 4.90 Å². The average Bonchev–Trinajstić information content (AvgIpc) is 2.57. The van der Waals surface area contributed by atoms with Gasteiger partial charge in [0.15, 0.2) is 0 Å². The second-order valence-corrected chi connectivity index (χ2v) is 5.76. The summed E-state index contributed by atoms with van der Waals surface area (Å²) < 4.78 is 0. The van der Waals surface area contributed by atoms with Crippen molar-refractivity contribution in [2.45, 2.75) is 12.7 Å². The van der Waals surface area contributed by atoms with Gasteiger partial charge in [0, 0.05) is 18.0 Å². The molecule has 0 aliphatic rings. The van der Waals surface area contributed by atoms with Gasteiger partial charge in [0.2, 0.25) is 5.91 Å². The Balaban J connectivity index is 1.90. The van der Waals surface area contributed by atoms with Crippen LogP contribution in [-0.4, -0.2) is 18.2 Å². The topological polar surface area (TPSA) is 44.1 Å². The molecule has 2 rings (SSSR count). The van der Waals surface area contributed by atoms with Crippen LogP contribution in [0.2, 0.25) is 0 Å². The van der Waals surface area contributed by atoms with E-state index >= 15 is 0 Å². The molecule has 0 spiro atoms. The predicted octanol–water partition coefficient (Wildman–Crippen LogP) is 3.84. The number of hydrogen-bond acceptors (Lipinski definition) is 3. The first-order chi connectivity index (χ1) is 10.7. The van der Waals surface area contributed by atoms with Gasteiger partial charge in [0.1, 0.15) is 0 Å². The van der Waals surface area contributed by atoms with E-state index in [1.54, 1.807) is 22.7 Å². The molecule has 1 amide bonds. The summed E-state index contributed by atoms with van der Waals surface area (Å²) in [4.78, 5) is 14.1. The molecular weight excluding hydrogens is 292 g/mol. The summed E-state index contributed by atoms with van der Waals surface area (Å²) in [6.45, 7) is 2.64. The van der Waals surface area contributed by atoms with Crippen LogP contribution in [0.5, 0.6) is 0 Å². The molecule has 4 heteroatoms. The number of hydrogen-bond donors (Lipinski definition) is 0. The van der Waals surface area contributed by atoms with Crippen molar-refractivity contribution < 1.29 is 4.79 Å². The fourth-order valence-electron chi connectivity index (χ4n) is 2.18. The SMILES string of the molecule is CCN(C(=O)CSCc1cccc(C#N)c1)c1ccccc1. The van der Waals surface area contributed by atoms with Crippen molar-refractivity contribution in [2.75, 3.05) is 17.2 Å². The van der Waals surface area contributed by atoms with Gasteiger partial charge in [0.25, 0.3) is 0 Å². The number of benzene rings is 2. The highest BCUT2D eigenvalue weighted by Gasteiger charge is 2.13. The number of carbonyl (C=O) groups is 1. The summed E-state index contributed by atoms with van der Waals surface area (Å²) in [6, 6.07) is 19.3. The van der Waals surface area contributed by atoms with Crippen molar-refractivity contribution in [3.05, 3.63) is 65.7 Å². The van der Waals surface area contributed by atoms with Gasteiger partial charge in [-0.15, -0.1) is 11.8 Å². The Morgan fingerprint density at radius 3 is 2.64 bits per heavy atom. The van der Waals surface area contributed by atoms with E-state index in [0.29, 0.717) is 17.9 Å². The zero-order valence-corrected chi connectivity index (χ0v) is 13.3. The van der Waals surface area contributed by atoms with E-state index in [1.807, 2.05) is 55.5 Å². The highest BCUT2D eigenvalue weighted by molar-refractivity contribution is 7.99. The molecule has 0 aromatic heterocycles. The summed E-state index contributed by atoms with van der Waals surface area (Å²) in [5.41, 5.74) is 2.66. The largest absolute Gasteiger partial charge is 0.312 e. The van der Waals surface area contributed by atoms with E-state index in [2.05, 4.69) is 6.07 Å². The smallest absolute Gasteiger partial charge is 0.236 e. The van der Waals surface area contributed by atoms with Gasteiger partial charge in [-0.3, -0.25) is 4.79 Å². The first kappa shape index (κ1) is 16.1. The molecule has 0 unspecified atom stereocenters. The number of carbonyl (C=O) groups excluding carboxylic acids is 1. The average molecular weight is 310 g/mol. The van der Waals surface area contributed by atoms with Crippen molar-refractivity contribution >= 4 is 23.4 Å². The number of rotatable bonds is 6. The van der Waals surface area contributed by atoms with E-state index in [4.69, 9.17) is 5.26 Å². The van der Waals surface area contributed by atoms with Crippen LogP contribution in [-0.2, 0) is 10.5 Å². The van der Waals surface area contributed by atoms with Gasteiger partial charge in [-0.2, -0.15) is 5.26 Å². The lowest BCUT2D eigenvalue weighted by atomic mass is 10.2. The van der Waals surface area contributed by atoms with Crippen molar-refractivity contribution in [1.82, 2.24) is 0 Å². The van der Waals surface area contributed by atoms with Crippen LogP contribution >= 0.6 is 11.8 Å². The summed E-state index contributed by atoms with van der Waals surface area (Å²) in [6.07, 6.45) is 0. The van der Waals surface area contributed by atoms with Crippen LogP contribution in [0.15, 0.2) is 54.6 Å². The second kappa shape index (κ2) is 8.26. The third-order valence-electron chi connectivity index (χ3n) is 3.24. The maximum absolute atomic E-state index is 12.3. The maximum atomic E-state index is 12.3. The molecule has 0 atom stereocenters. The van der Waals surface area contributed by atoms with Crippen LogP contribution in [0, 0.1) is 11.3 Å². The highest BCUT2D eigenvalue weighted by atomic mass is 32.2. The number of para-hydroxylation sites is 1. The lowest BCUT2D eigenvalue weighted by Gasteiger charge is -2.20. The summed E-state index contributed by atoms with van der Waals surface area (Å²) >= 11 is 1.57. The zero-order chi connectivity index (χ0) is 15.8. The molecule has 0 aliphatic heterocycles. The molecule has 0 saturated heterocycles. The van der Waals surface area contributed by atoms with E-state index in [1.165, 1.54) is 0 Å².